The van der Waals surface area contributed by atoms with Crippen molar-refractivity contribution in [1.82, 2.24) is 5.32 Å². The maximum Gasteiger partial charge on any atom is 0.0465 e. The fourth-order valence-corrected chi connectivity index (χ4v) is 2.29. The molecule has 1 aromatic rings. The zero-order valence-corrected chi connectivity index (χ0v) is 12.9. The molecule has 0 aliphatic heterocycles. The molecule has 108 valence electrons. The average molecular weight is 263 g/mol. The van der Waals surface area contributed by atoms with Gasteiger partial charge in [-0.3, -0.25) is 0 Å². The lowest BCUT2D eigenvalue weighted by molar-refractivity contribution is 0.176. The average Bonchev–Trinajstić information content (AvgIpc) is 2.37. The molecule has 1 atom stereocenters. The number of rotatable bonds is 9. The van der Waals surface area contributed by atoms with Crippen molar-refractivity contribution in [3.05, 3.63) is 35.4 Å². The van der Waals surface area contributed by atoms with Gasteiger partial charge in [-0.2, -0.15) is 0 Å². The summed E-state index contributed by atoms with van der Waals surface area (Å²) in [5, 5.41) is 3.58. The number of aryl methyl sites for hydroxylation is 1. The van der Waals surface area contributed by atoms with Gasteiger partial charge >= 0.3 is 0 Å². The van der Waals surface area contributed by atoms with Crippen LogP contribution in [0.3, 0.4) is 0 Å². The van der Waals surface area contributed by atoms with E-state index in [1.807, 2.05) is 0 Å². The third-order valence-corrected chi connectivity index (χ3v) is 3.49. The van der Waals surface area contributed by atoms with Crippen LogP contribution in [-0.4, -0.2) is 26.8 Å². The van der Waals surface area contributed by atoms with E-state index in [1.54, 1.807) is 7.11 Å². The van der Waals surface area contributed by atoms with Gasteiger partial charge in [0.25, 0.3) is 0 Å². The normalized spacial score (nSPS) is 12.9. The Morgan fingerprint density at radius 3 is 2.53 bits per heavy atom. The van der Waals surface area contributed by atoms with Gasteiger partial charge in [0.2, 0.25) is 0 Å². The second-order valence-electron chi connectivity index (χ2n) is 5.83. The molecule has 0 bridgehead atoms. The summed E-state index contributed by atoms with van der Waals surface area (Å²) in [6.07, 6.45) is 2.26. The van der Waals surface area contributed by atoms with E-state index < -0.39 is 0 Å². The quantitative estimate of drug-likeness (QED) is 0.737. The van der Waals surface area contributed by atoms with E-state index >= 15 is 0 Å². The molecule has 1 rings (SSSR count). The Labute approximate surface area is 118 Å². The van der Waals surface area contributed by atoms with Crippen molar-refractivity contribution < 1.29 is 4.74 Å². The van der Waals surface area contributed by atoms with Crippen LogP contribution in [0.5, 0.6) is 0 Å². The largest absolute Gasteiger partial charge is 0.385 e. The molecule has 0 fully saturated rings. The van der Waals surface area contributed by atoms with Crippen molar-refractivity contribution in [3.63, 3.8) is 0 Å². The van der Waals surface area contributed by atoms with Crippen molar-refractivity contribution in [2.24, 2.45) is 11.8 Å². The fourth-order valence-electron chi connectivity index (χ4n) is 2.29. The Kier molecular flexibility index (Phi) is 7.76. The van der Waals surface area contributed by atoms with E-state index in [1.165, 1.54) is 11.1 Å². The van der Waals surface area contributed by atoms with Crippen LogP contribution in [0.2, 0.25) is 0 Å². The Balaban J connectivity index is 2.51. The Hall–Kier alpha value is -0.860. The second kappa shape index (κ2) is 9.11. The number of hydrogen-bond acceptors (Lipinski definition) is 2. The molecule has 2 nitrogen and oxygen atoms in total. The van der Waals surface area contributed by atoms with Crippen molar-refractivity contribution in [2.45, 2.75) is 33.6 Å². The lowest BCUT2D eigenvalue weighted by Crippen LogP contribution is -2.28. The topological polar surface area (TPSA) is 21.3 Å². The van der Waals surface area contributed by atoms with E-state index in [4.69, 9.17) is 4.74 Å². The van der Waals surface area contributed by atoms with Crippen LogP contribution in [-0.2, 0) is 11.2 Å². The molecule has 0 aliphatic rings. The van der Waals surface area contributed by atoms with Crippen molar-refractivity contribution in [3.8, 4) is 0 Å². The van der Waals surface area contributed by atoms with Crippen LogP contribution in [0.1, 0.15) is 31.4 Å². The highest BCUT2D eigenvalue weighted by Gasteiger charge is 2.11. The van der Waals surface area contributed by atoms with Gasteiger partial charge in [-0.05, 0) is 55.8 Å². The van der Waals surface area contributed by atoms with Crippen molar-refractivity contribution >= 4 is 0 Å². The van der Waals surface area contributed by atoms with Crippen LogP contribution < -0.4 is 5.32 Å². The van der Waals surface area contributed by atoms with Crippen LogP contribution in [0.25, 0.3) is 0 Å². The van der Waals surface area contributed by atoms with E-state index in [-0.39, 0.29) is 0 Å². The van der Waals surface area contributed by atoms with Gasteiger partial charge < -0.3 is 10.1 Å². The highest BCUT2D eigenvalue weighted by molar-refractivity contribution is 5.25. The Morgan fingerprint density at radius 1 is 1.16 bits per heavy atom. The number of methoxy groups -OCH3 is 1. The second-order valence-corrected chi connectivity index (χ2v) is 5.83. The molecule has 0 amide bonds. The number of ether oxygens (including phenoxy) is 1. The molecule has 0 aliphatic carbocycles. The molecule has 19 heavy (non-hydrogen) atoms. The van der Waals surface area contributed by atoms with Gasteiger partial charge in [-0.15, -0.1) is 0 Å². The molecule has 0 spiro atoms. The molecule has 1 unspecified atom stereocenters. The summed E-state index contributed by atoms with van der Waals surface area (Å²) in [6.45, 7) is 9.72. The zero-order chi connectivity index (χ0) is 14.1. The molecular weight excluding hydrogens is 234 g/mol. The van der Waals surface area contributed by atoms with E-state index in [0.29, 0.717) is 11.8 Å². The predicted octanol–water partition coefficient (Wildman–Crippen LogP) is 3.44. The van der Waals surface area contributed by atoms with Gasteiger partial charge in [0.1, 0.15) is 0 Å². The van der Waals surface area contributed by atoms with Gasteiger partial charge in [-0.25, -0.2) is 0 Å². The molecule has 0 heterocycles. The van der Waals surface area contributed by atoms with Crippen molar-refractivity contribution in [2.75, 3.05) is 26.8 Å². The van der Waals surface area contributed by atoms with Gasteiger partial charge in [0, 0.05) is 13.7 Å². The first-order chi connectivity index (χ1) is 9.13. The highest BCUT2D eigenvalue weighted by atomic mass is 16.5. The number of benzene rings is 1. The zero-order valence-electron chi connectivity index (χ0n) is 12.9. The molecule has 1 aromatic carbocycles. The molecule has 0 radical (unpaired) electrons. The molecule has 0 saturated carbocycles. The lowest BCUT2D eigenvalue weighted by atomic mass is 9.93. The summed E-state index contributed by atoms with van der Waals surface area (Å²) < 4.78 is 5.24. The summed E-state index contributed by atoms with van der Waals surface area (Å²) in [6, 6.07) is 8.69. The summed E-state index contributed by atoms with van der Waals surface area (Å²) in [5.41, 5.74) is 2.86. The minimum absolute atomic E-state index is 0.653. The monoisotopic (exact) mass is 263 g/mol. The minimum atomic E-state index is 0.653. The van der Waals surface area contributed by atoms with Gasteiger partial charge in [0.15, 0.2) is 0 Å². The fraction of sp³-hybridized carbons (Fsp3) is 0.647. The lowest BCUT2D eigenvalue weighted by Gasteiger charge is -2.19. The standard InChI is InChI=1S/C17H29NO/c1-14(2)12-18-13-16(9-10-19-4)11-17-8-6-5-7-15(17)3/h5-8,14,16,18H,9-13H2,1-4H3. The molecular formula is C17H29NO. The SMILES string of the molecule is COCCC(CNCC(C)C)Cc1ccccc1C. The van der Waals surface area contributed by atoms with Gasteiger partial charge in [-0.1, -0.05) is 38.1 Å². The number of nitrogens with one attached hydrogen (secondary N) is 1. The molecule has 0 aromatic heterocycles. The first-order valence-electron chi connectivity index (χ1n) is 7.37. The highest BCUT2D eigenvalue weighted by Crippen LogP contribution is 2.15. The summed E-state index contributed by atoms with van der Waals surface area (Å²) in [7, 11) is 1.78. The molecule has 2 heteroatoms. The summed E-state index contributed by atoms with van der Waals surface area (Å²) in [4.78, 5) is 0. The Morgan fingerprint density at radius 2 is 1.89 bits per heavy atom. The first kappa shape index (κ1) is 16.2. The third-order valence-electron chi connectivity index (χ3n) is 3.49. The van der Waals surface area contributed by atoms with Crippen LogP contribution in [0, 0.1) is 18.8 Å². The smallest absolute Gasteiger partial charge is 0.0465 e. The Bertz CT molecular complexity index is 349. The summed E-state index contributed by atoms with van der Waals surface area (Å²) in [5.74, 6) is 1.36. The third kappa shape index (κ3) is 6.74. The van der Waals surface area contributed by atoms with Gasteiger partial charge in [0.05, 0.1) is 0 Å². The predicted molar refractivity (Wildman–Crippen MR) is 82.6 cm³/mol. The van der Waals surface area contributed by atoms with E-state index in [0.717, 1.165) is 32.5 Å². The maximum atomic E-state index is 5.24. The van der Waals surface area contributed by atoms with Crippen LogP contribution in [0.15, 0.2) is 24.3 Å². The first-order valence-corrected chi connectivity index (χ1v) is 7.37. The van der Waals surface area contributed by atoms with Crippen molar-refractivity contribution in [1.29, 1.82) is 0 Å². The van der Waals surface area contributed by atoms with E-state index in [9.17, 15) is 0 Å². The molecule has 0 saturated heterocycles. The summed E-state index contributed by atoms with van der Waals surface area (Å²) >= 11 is 0. The molecule has 1 N–H and O–H groups in total. The van der Waals surface area contributed by atoms with E-state index in [2.05, 4.69) is 50.4 Å². The number of hydrogen-bond donors (Lipinski definition) is 1. The maximum absolute atomic E-state index is 5.24. The van der Waals surface area contributed by atoms with Crippen LogP contribution >= 0.6 is 0 Å². The van der Waals surface area contributed by atoms with Crippen LogP contribution in [0.4, 0.5) is 0 Å². The minimum Gasteiger partial charge on any atom is -0.385 e.